The molecule has 0 bridgehead atoms. The van der Waals surface area contributed by atoms with Crippen molar-refractivity contribution in [1.82, 2.24) is 0 Å². The lowest BCUT2D eigenvalue weighted by Gasteiger charge is -2.43. The largest absolute Gasteiger partial charge is 0.311 e. The van der Waals surface area contributed by atoms with Crippen LogP contribution in [0.1, 0.15) is 48.6 Å². The number of nitrogens with zero attached hydrogens (tertiary/aromatic N) is 2. The van der Waals surface area contributed by atoms with Crippen LogP contribution in [0.25, 0.3) is 43.5 Å². The third-order valence-electron chi connectivity index (χ3n) is 14.8. The van der Waals surface area contributed by atoms with Crippen molar-refractivity contribution in [2.45, 2.75) is 31.6 Å². The van der Waals surface area contributed by atoms with Gasteiger partial charge < -0.3 is 9.80 Å². The summed E-state index contributed by atoms with van der Waals surface area (Å²) in [4.78, 5) is 5.12. The van der Waals surface area contributed by atoms with Crippen LogP contribution in [0.4, 0.5) is 34.1 Å². The molecule has 9 aromatic carbocycles. The Labute approximate surface area is 384 Å². The van der Waals surface area contributed by atoms with E-state index in [1.807, 2.05) is 11.3 Å². The number of hydrogen-bond donors (Lipinski definition) is 0. The molecule has 0 fully saturated rings. The molecule has 65 heavy (non-hydrogen) atoms. The number of hydrogen-bond acceptors (Lipinski definition) is 3. The van der Waals surface area contributed by atoms with Crippen LogP contribution in [0.15, 0.2) is 206 Å². The monoisotopic (exact) mass is 846 g/mol. The minimum atomic E-state index is -0.405. The van der Waals surface area contributed by atoms with Gasteiger partial charge in [0.05, 0.1) is 11.1 Å². The summed E-state index contributed by atoms with van der Waals surface area (Å²) in [6.07, 6.45) is 0. The van der Waals surface area contributed by atoms with Crippen LogP contribution < -0.4 is 25.5 Å². The van der Waals surface area contributed by atoms with E-state index in [-0.39, 0.29) is 12.1 Å². The Morgan fingerprint density at radius 1 is 0.446 bits per heavy atom. The smallest absolute Gasteiger partial charge is 0.264 e. The molecule has 3 heterocycles. The normalized spacial score (nSPS) is 14.4. The zero-order valence-corrected chi connectivity index (χ0v) is 37.3. The highest BCUT2D eigenvalue weighted by Crippen LogP contribution is 2.64. The lowest BCUT2D eigenvalue weighted by Crippen LogP contribution is -2.60. The van der Waals surface area contributed by atoms with E-state index in [1.54, 1.807) is 0 Å². The molecule has 4 aliphatic rings. The van der Waals surface area contributed by atoms with Gasteiger partial charge >= 0.3 is 0 Å². The van der Waals surface area contributed by atoms with Crippen molar-refractivity contribution in [3.05, 3.63) is 234 Å². The van der Waals surface area contributed by atoms with Crippen molar-refractivity contribution < 1.29 is 0 Å². The Hall–Kier alpha value is -7.40. The van der Waals surface area contributed by atoms with Crippen LogP contribution in [0, 0.1) is 0 Å². The van der Waals surface area contributed by atoms with E-state index in [1.165, 1.54) is 115 Å². The van der Waals surface area contributed by atoms with Crippen molar-refractivity contribution in [2.24, 2.45) is 0 Å². The van der Waals surface area contributed by atoms with Gasteiger partial charge in [0.25, 0.3) is 6.71 Å². The second-order valence-electron chi connectivity index (χ2n) is 19.2. The van der Waals surface area contributed by atoms with Crippen LogP contribution in [0.5, 0.6) is 0 Å². The summed E-state index contributed by atoms with van der Waals surface area (Å²) in [6, 6.07) is 78.0. The number of para-hydroxylation sites is 1. The molecule has 0 atom stereocenters. The molecule has 0 unspecified atom stereocenters. The maximum Gasteiger partial charge on any atom is 0.264 e. The standard InChI is InChI=1S/C61H43BN2S/c1-60(2,3)40-30-32-42(33-31-40)64-54-28-16-27-53-57(54)62(52-34-29-39(38-17-6-4-7-18-38)35-55(52)63(53)41-19-8-5-9-20-41)59-58(64)47-36-46-45-23-12-15-26-50(45)61(51(46)37-56(47)65-59)48-24-13-10-21-43(48)44-22-11-14-25-49(44)61/h4-37H,1-3H3. The summed E-state index contributed by atoms with van der Waals surface area (Å²) >= 11 is 1.99. The van der Waals surface area contributed by atoms with E-state index in [2.05, 4.69) is 237 Å². The van der Waals surface area contributed by atoms with E-state index in [0.717, 1.165) is 5.69 Å². The number of thiophene rings is 1. The molecule has 2 aliphatic heterocycles. The van der Waals surface area contributed by atoms with Crippen molar-refractivity contribution in [2.75, 3.05) is 9.80 Å². The first-order valence-corrected chi connectivity index (χ1v) is 23.7. The molecule has 0 radical (unpaired) electrons. The van der Waals surface area contributed by atoms with Gasteiger partial charge in [-0.05, 0) is 132 Å². The molecule has 1 spiro atoms. The van der Waals surface area contributed by atoms with Gasteiger partial charge in [-0.3, -0.25) is 0 Å². The SMILES string of the molecule is CC(C)(C)c1ccc(N2c3cccc4c3B(c3ccc(-c5ccccc5)cc3N4c3ccccc3)c3sc4cc5c(cc4c32)-c2ccccc2C52c3ccccc3-c3ccccc32)cc1. The van der Waals surface area contributed by atoms with E-state index < -0.39 is 5.41 Å². The Morgan fingerprint density at radius 3 is 1.66 bits per heavy atom. The molecule has 306 valence electrons. The third kappa shape index (κ3) is 4.95. The first-order chi connectivity index (χ1) is 31.9. The Bertz CT molecular complexity index is 3560. The second kappa shape index (κ2) is 13.3. The first-order valence-electron chi connectivity index (χ1n) is 22.9. The quantitative estimate of drug-likeness (QED) is 0.163. The van der Waals surface area contributed by atoms with Crippen molar-refractivity contribution in [1.29, 1.82) is 0 Å². The van der Waals surface area contributed by atoms with Gasteiger partial charge in [0, 0.05) is 43.3 Å². The summed E-state index contributed by atoms with van der Waals surface area (Å²) in [7, 11) is 0. The fraction of sp³-hybridized carbons (Fsp3) is 0.0820. The van der Waals surface area contributed by atoms with Crippen molar-refractivity contribution >= 4 is 78.0 Å². The molecule has 0 saturated carbocycles. The van der Waals surface area contributed by atoms with Crippen LogP contribution >= 0.6 is 11.3 Å². The topological polar surface area (TPSA) is 6.48 Å². The zero-order chi connectivity index (χ0) is 43.2. The maximum absolute atomic E-state index is 2.60. The van der Waals surface area contributed by atoms with Crippen molar-refractivity contribution in [3.63, 3.8) is 0 Å². The summed E-state index contributed by atoms with van der Waals surface area (Å²) in [5, 5.41) is 1.30. The summed E-state index contributed by atoms with van der Waals surface area (Å²) in [5.41, 5.74) is 24.2. The summed E-state index contributed by atoms with van der Waals surface area (Å²) < 4.78 is 2.71. The van der Waals surface area contributed by atoms with Gasteiger partial charge in [0.1, 0.15) is 0 Å². The Morgan fingerprint density at radius 2 is 1.02 bits per heavy atom. The maximum atomic E-state index is 2.60. The van der Waals surface area contributed by atoms with Crippen LogP contribution in [0.2, 0.25) is 0 Å². The number of fused-ring (bicyclic) bond motifs is 16. The van der Waals surface area contributed by atoms with E-state index in [0.29, 0.717) is 0 Å². The van der Waals surface area contributed by atoms with Crippen LogP contribution in [0.3, 0.4) is 0 Å². The van der Waals surface area contributed by atoms with E-state index in [9.17, 15) is 0 Å². The lowest BCUT2D eigenvalue weighted by atomic mass is 9.36. The predicted molar refractivity (Wildman–Crippen MR) is 276 cm³/mol. The van der Waals surface area contributed by atoms with Gasteiger partial charge in [0.15, 0.2) is 0 Å². The summed E-state index contributed by atoms with van der Waals surface area (Å²) in [5.74, 6) is 0. The fourth-order valence-electron chi connectivity index (χ4n) is 12.0. The van der Waals surface area contributed by atoms with Gasteiger partial charge in [-0.15, -0.1) is 11.3 Å². The van der Waals surface area contributed by atoms with Crippen LogP contribution in [-0.4, -0.2) is 6.71 Å². The highest BCUT2D eigenvalue weighted by molar-refractivity contribution is 7.33. The Kier molecular flexibility index (Phi) is 7.59. The molecular weight excluding hydrogens is 804 g/mol. The third-order valence-corrected chi connectivity index (χ3v) is 16.0. The molecule has 2 aliphatic carbocycles. The molecule has 0 saturated heterocycles. The fourth-order valence-corrected chi connectivity index (χ4v) is 13.4. The molecule has 1 aromatic heterocycles. The number of benzene rings is 9. The average Bonchev–Trinajstić information content (AvgIpc) is 3.97. The molecule has 2 nitrogen and oxygen atoms in total. The molecule has 0 N–H and O–H groups in total. The van der Waals surface area contributed by atoms with Gasteiger partial charge in [-0.1, -0.05) is 172 Å². The highest BCUT2D eigenvalue weighted by atomic mass is 32.1. The van der Waals surface area contributed by atoms with E-state index in [4.69, 9.17) is 0 Å². The second-order valence-corrected chi connectivity index (χ2v) is 20.3. The minimum absolute atomic E-state index is 0.0301. The lowest BCUT2D eigenvalue weighted by molar-refractivity contribution is 0.590. The Balaban J connectivity index is 1.08. The summed E-state index contributed by atoms with van der Waals surface area (Å²) in [6.45, 7) is 6.94. The van der Waals surface area contributed by atoms with E-state index >= 15 is 0 Å². The number of rotatable bonds is 3. The predicted octanol–water partition coefficient (Wildman–Crippen LogP) is 14.3. The van der Waals surface area contributed by atoms with Crippen molar-refractivity contribution in [3.8, 4) is 33.4 Å². The molecular formula is C61H43BN2S. The first kappa shape index (κ1) is 37.0. The minimum Gasteiger partial charge on any atom is -0.311 e. The van der Waals surface area contributed by atoms with Crippen LogP contribution in [-0.2, 0) is 10.8 Å². The molecule has 4 heteroatoms. The molecule has 0 amide bonds. The highest BCUT2D eigenvalue weighted by Gasteiger charge is 2.52. The molecule has 14 rings (SSSR count). The zero-order valence-electron chi connectivity index (χ0n) is 36.5. The van der Waals surface area contributed by atoms with Gasteiger partial charge in [0.2, 0.25) is 0 Å². The number of anilines is 6. The molecule has 10 aromatic rings. The van der Waals surface area contributed by atoms with Gasteiger partial charge in [-0.25, -0.2) is 0 Å². The van der Waals surface area contributed by atoms with Gasteiger partial charge in [-0.2, -0.15) is 0 Å². The average molecular weight is 847 g/mol.